The average molecular weight is 258 g/mol. The Bertz CT molecular complexity index is 244. The molecule has 0 bridgehead atoms. The molecule has 17 heavy (non-hydrogen) atoms. The molecular weight excluding hydrogens is 232 g/mol. The SMILES string of the molecule is CC(C)(C)CC(N)CC(=O)NC1CCSCC1. The number of nitrogens with one attached hydrogen (secondary N) is 1. The van der Waals surface area contributed by atoms with E-state index < -0.39 is 0 Å². The van der Waals surface area contributed by atoms with E-state index in [0.717, 1.165) is 19.3 Å². The van der Waals surface area contributed by atoms with Crippen molar-refractivity contribution in [1.82, 2.24) is 5.32 Å². The van der Waals surface area contributed by atoms with E-state index in [1.165, 1.54) is 11.5 Å². The van der Waals surface area contributed by atoms with E-state index in [2.05, 4.69) is 26.1 Å². The molecular formula is C13H26N2OS. The molecule has 0 aliphatic carbocycles. The van der Waals surface area contributed by atoms with E-state index in [-0.39, 0.29) is 17.4 Å². The standard InChI is InChI=1S/C13H26N2OS/c1-13(2,3)9-10(14)8-12(16)15-11-4-6-17-7-5-11/h10-11H,4-9,14H2,1-3H3,(H,15,16). The number of hydrogen-bond acceptors (Lipinski definition) is 3. The second-order valence-electron chi connectivity index (χ2n) is 6.18. The predicted octanol–water partition coefficient (Wildman–Crippen LogP) is 2.15. The van der Waals surface area contributed by atoms with Gasteiger partial charge in [-0.05, 0) is 36.2 Å². The monoisotopic (exact) mass is 258 g/mol. The molecule has 1 aliphatic rings. The zero-order valence-electron chi connectivity index (χ0n) is 11.3. The number of rotatable bonds is 4. The molecule has 100 valence electrons. The Morgan fingerprint density at radius 1 is 1.41 bits per heavy atom. The molecule has 1 atom stereocenters. The van der Waals surface area contributed by atoms with Gasteiger partial charge in [0.1, 0.15) is 0 Å². The Kier molecular flexibility index (Phi) is 5.80. The zero-order valence-corrected chi connectivity index (χ0v) is 12.1. The van der Waals surface area contributed by atoms with Gasteiger partial charge in [0, 0.05) is 18.5 Å². The minimum atomic E-state index is -0.0204. The maximum absolute atomic E-state index is 11.8. The first-order valence-electron chi connectivity index (χ1n) is 6.49. The maximum atomic E-state index is 11.8. The molecule has 1 heterocycles. The molecule has 0 spiro atoms. The Labute approximate surface area is 109 Å². The van der Waals surface area contributed by atoms with Crippen molar-refractivity contribution in [2.24, 2.45) is 11.1 Å². The molecule has 0 aromatic heterocycles. The fraction of sp³-hybridized carbons (Fsp3) is 0.923. The van der Waals surface area contributed by atoms with Crippen LogP contribution in [0.1, 0.15) is 46.5 Å². The summed E-state index contributed by atoms with van der Waals surface area (Å²) in [7, 11) is 0. The van der Waals surface area contributed by atoms with Crippen LogP contribution in [-0.4, -0.2) is 29.5 Å². The molecule has 3 nitrogen and oxygen atoms in total. The molecule has 3 N–H and O–H groups in total. The van der Waals surface area contributed by atoms with Crippen molar-refractivity contribution in [2.75, 3.05) is 11.5 Å². The number of carbonyl (C=O) groups is 1. The largest absolute Gasteiger partial charge is 0.353 e. The van der Waals surface area contributed by atoms with Gasteiger partial charge in [-0.1, -0.05) is 20.8 Å². The molecule has 1 saturated heterocycles. The van der Waals surface area contributed by atoms with Crippen LogP contribution < -0.4 is 11.1 Å². The van der Waals surface area contributed by atoms with Gasteiger partial charge in [0.25, 0.3) is 0 Å². The van der Waals surface area contributed by atoms with Crippen LogP contribution in [0, 0.1) is 5.41 Å². The molecule has 0 saturated carbocycles. The van der Waals surface area contributed by atoms with Crippen LogP contribution in [0.2, 0.25) is 0 Å². The van der Waals surface area contributed by atoms with Crippen LogP contribution in [0.3, 0.4) is 0 Å². The highest BCUT2D eigenvalue weighted by Crippen LogP contribution is 2.21. The lowest BCUT2D eigenvalue weighted by Gasteiger charge is -2.25. The highest BCUT2D eigenvalue weighted by molar-refractivity contribution is 7.99. The van der Waals surface area contributed by atoms with E-state index in [4.69, 9.17) is 5.73 Å². The summed E-state index contributed by atoms with van der Waals surface area (Å²) < 4.78 is 0. The van der Waals surface area contributed by atoms with E-state index in [9.17, 15) is 4.79 Å². The minimum absolute atomic E-state index is 0.0204. The molecule has 1 aliphatic heterocycles. The molecule has 4 heteroatoms. The van der Waals surface area contributed by atoms with E-state index in [0.29, 0.717) is 12.5 Å². The lowest BCUT2D eigenvalue weighted by Crippen LogP contribution is -2.40. The van der Waals surface area contributed by atoms with Crippen molar-refractivity contribution in [2.45, 2.75) is 58.5 Å². The first-order valence-corrected chi connectivity index (χ1v) is 7.65. The normalized spacial score (nSPS) is 20.0. The van der Waals surface area contributed by atoms with Crippen LogP contribution in [-0.2, 0) is 4.79 Å². The number of nitrogens with two attached hydrogens (primary N) is 1. The molecule has 1 rings (SSSR count). The summed E-state index contributed by atoms with van der Waals surface area (Å²) in [4.78, 5) is 11.8. The van der Waals surface area contributed by atoms with Crippen molar-refractivity contribution < 1.29 is 4.79 Å². The third-order valence-electron chi connectivity index (χ3n) is 2.91. The van der Waals surface area contributed by atoms with Crippen molar-refractivity contribution in [3.05, 3.63) is 0 Å². The van der Waals surface area contributed by atoms with Crippen LogP contribution in [0.15, 0.2) is 0 Å². The molecule has 1 fully saturated rings. The quantitative estimate of drug-likeness (QED) is 0.812. The van der Waals surface area contributed by atoms with Crippen LogP contribution in [0.25, 0.3) is 0 Å². The second kappa shape index (κ2) is 6.64. The third kappa shape index (κ3) is 6.94. The number of carbonyl (C=O) groups excluding carboxylic acids is 1. The van der Waals surface area contributed by atoms with Gasteiger partial charge in [0.05, 0.1) is 0 Å². The van der Waals surface area contributed by atoms with Gasteiger partial charge >= 0.3 is 0 Å². The molecule has 1 unspecified atom stereocenters. The van der Waals surface area contributed by atoms with Gasteiger partial charge < -0.3 is 11.1 Å². The van der Waals surface area contributed by atoms with Crippen molar-refractivity contribution in [3.63, 3.8) is 0 Å². The van der Waals surface area contributed by atoms with Gasteiger partial charge in [-0.2, -0.15) is 11.8 Å². The fourth-order valence-electron chi connectivity index (χ4n) is 2.23. The lowest BCUT2D eigenvalue weighted by atomic mass is 9.87. The summed E-state index contributed by atoms with van der Waals surface area (Å²) in [6, 6.07) is 0.360. The summed E-state index contributed by atoms with van der Waals surface area (Å²) in [5.74, 6) is 2.46. The number of thioether (sulfide) groups is 1. The first-order chi connectivity index (χ1) is 7.87. The Morgan fingerprint density at radius 2 is 2.00 bits per heavy atom. The first kappa shape index (κ1) is 14.8. The average Bonchev–Trinajstić information content (AvgIpc) is 2.15. The predicted molar refractivity (Wildman–Crippen MR) is 75.2 cm³/mol. The van der Waals surface area contributed by atoms with Crippen LogP contribution >= 0.6 is 11.8 Å². The number of amides is 1. The van der Waals surface area contributed by atoms with Gasteiger partial charge in [0.2, 0.25) is 5.91 Å². The number of hydrogen-bond donors (Lipinski definition) is 2. The molecule has 0 aromatic carbocycles. The van der Waals surface area contributed by atoms with Gasteiger partial charge in [-0.25, -0.2) is 0 Å². The second-order valence-corrected chi connectivity index (χ2v) is 7.41. The van der Waals surface area contributed by atoms with Crippen LogP contribution in [0.5, 0.6) is 0 Å². The zero-order chi connectivity index (χ0) is 12.9. The fourth-order valence-corrected chi connectivity index (χ4v) is 3.33. The van der Waals surface area contributed by atoms with Crippen molar-refractivity contribution in [1.29, 1.82) is 0 Å². The third-order valence-corrected chi connectivity index (χ3v) is 3.96. The molecule has 1 amide bonds. The van der Waals surface area contributed by atoms with Crippen molar-refractivity contribution in [3.8, 4) is 0 Å². The Morgan fingerprint density at radius 3 is 2.53 bits per heavy atom. The summed E-state index contributed by atoms with van der Waals surface area (Å²) in [6.07, 6.45) is 3.55. The summed E-state index contributed by atoms with van der Waals surface area (Å²) in [5.41, 5.74) is 6.20. The minimum Gasteiger partial charge on any atom is -0.353 e. The van der Waals surface area contributed by atoms with Gasteiger partial charge in [0.15, 0.2) is 0 Å². The highest BCUT2D eigenvalue weighted by Gasteiger charge is 2.20. The van der Waals surface area contributed by atoms with E-state index >= 15 is 0 Å². The topological polar surface area (TPSA) is 55.1 Å². The Hall–Kier alpha value is -0.220. The van der Waals surface area contributed by atoms with E-state index in [1.54, 1.807) is 0 Å². The lowest BCUT2D eigenvalue weighted by molar-refractivity contribution is -0.122. The molecule has 0 radical (unpaired) electrons. The van der Waals surface area contributed by atoms with Crippen molar-refractivity contribution >= 4 is 17.7 Å². The summed E-state index contributed by atoms with van der Waals surface area (Å²) in [6.45, 7) is 6.47. The highest BCUT2D eigenvalue weighted by atomic mass is 32.2. The van der Waals surface area contributed by atoms with Gasteiger partial charge in [-0.15, -0.1) is 0 Å². The Balaban J connectivity index is 2.23. The van der Waals surface area contributed by atoms with E-state index in [1.807, 2.05) is 11.8 Å². The molecule has 0 aromatic rings. The van der Waals surface area contributed by atoms with Gasteiger partial charge in [-0.3, -0.25) is 4.79 Å². The summed E-state index contributed by atoms with van der Waals surface area (Å²) in [5, 5.41) is 3.10. The smallest absolute Gasteiger partial charge is 0.221 e. The maximum Gasteiger partial charge on any atom is 0.221 e. The van der Waals surface area contributed by atoms with Crippen LogP contribution in [0.4, 0.5) is 0 Å². The summed E-state index contributed by atoms with van der Waals surface area (Å²) >= 11 is 1.97.